The van der Waals surface area contributed by atoms with Crippen molar-refractivity contribution >= 4 is 0 Å². The summed E-state index contributed by atoms with van der Waals surface area (Å²) in [5.74, 6) is 0. The third-order valence-corrected chi connectivity index (χ3v) is 8.17. The van der Waals surface area contributed by atoms with Gasteiger partial charge in [-0.2, -0.15) is 0 Å². The van der Waals surface area contributed by atoms with Crippen LogP contribution in [-0.2, 0) is 33.2 Å². The van der Waals surface area contributed by atoms with E-state index >= 15 is 0 Å². The fraction of sp³-hybridized carbons (Fsp3) is 1.00. The summed E-state index contributed by atoms with van der Waals surface area (Å²) in [5, 5.41) is 133. The van der Waals surface area contributed by atoms with Crippen LogP contribution in [0.3, 0.4) is 0 Å². The Morgan fingerprint density at radius 1 is 0.409 bits per heavy atom. The van der Waals surface area contributed by atoms with Gasteiger partial charge in [0.05, 0.1) is 25.9 Å². The van der Waals surface area contributed by atoms with Crippen molar-refractivity contribution in [2.75, 3.05) is 19.8 Å². The smallest absolute Gasteiger partial charge is 0.187 e. The molecule has 20 heteroatoms. The van der Waals surface area contributed by atoms with Gasteiger partial charge in [0.1, 0.15) is 91.6 Å². The lowest BCUT2D eigenvalue weighted by atomic mass is 9.95. The van der Waals surface area contributed by atoms with Crippen molar-refractivity contribution in [1.29, 1.82) is 0 Å². The van der Waals surface area contributed by atoms with Crippen molar-refractivity contribution < 1.29 is 99.5 Å². The molecule has 4 heterocycles. The van der Waals surface area contributed by atoms with Gasteiger partial charge in [-0.25, -0.2) is 0 Å². The SMILES string of the molecule is C[C@@H]1O[C@@H](O[C@H]2[C@H](O[C@H]3[C@H](O)[C@@H](O)[C@H](O)O[C@@H]3CO)O[C@H](CO)[C@H](O)[C@@H]2O[C@H]2O[C@H](CO)[C@H](O)[C@H](O)[C@H]2O)[C@@H](O)[C@H](O)[C@@H]1O. The van der Waals surface area contributed by atoms with Crippen LogP contribution >= 0.6 is 0 Å². The van der Waals surface area contributed by atoms with Crippen molar-refractivity contribution in [3.05, 3.63) is 0 Å². The Kier molecular flexibility index (Phi) is 12.3. The second-order valence-electron chi connectivity index (χ2n) is 11.1. The van der Waals surface area contributed by atoms with Gasteiger partial charge in [-0.3, -0.25) is 0 Å². The third kappa shape index (κ3) is 7.05. The maximum atomic E-state index is 11.1. The van der Waals surface area contributed by atoms with Gasteiger partial charge in [0.15, 0.2) is 25.2 Å². The molecule has 4 aliphatic rings. The molecule has 4 rings (SSSR count). The number of ether oxygens (including phenoxy) is 7. The van der Waals surface area contributed by atoms with Gasteiger partial charge in [-0.15, -0.1) is 0 Å². The van der Waals surface area contributed by atoms with Gasteiger partial charge in [-0.1, -0.05) is 0 Å². The zero-order valence-electron chi connectivity index (χ0n) is 23.3. The predicted octanol–water partition coefficient (Wildman–Crippen LogP) is -8.72. The predicted molar refractivity (Wildman–Crippen MR) is 132 cm³/mol. The van der Waals surface area contributed by atoms with Gasteiger partial charge in [0.25, 0.3) is 0 Å². The highest BCUT2D eigenvalue weighted by Gasteiger charge is 2.56. The van der Waals surface area contributed by atoms with E-state index in [9.17, 15) is 66.4 Å². The first-order valence-corrected chi connectivity index (χ1v) is 14.0. The molecule has 0 spiro atoms. The second-order valence-corrected chi connectivity index (χ2v) is 11.1. The Morgan fingerprint density at radius 2 is 0.886 bits per heavy atom. The second kappa shape index (κ2) is 15.0. The van der Waals surface area contributed by atoms with E-state index < -0.39 is 143 Å². The van der Waals surface area contributed by atoms with Crippen LogP contribution in [0.5, 0.6) is 0 Å². The number of hydrogen-bond donors (Lipinski definition) is 13. The van der Waals surface area contributed by atoms with Crippen LogP contribution in [0.2, 0.25) is 0 Å². The molecular formula is C24H42O20. The summed E-state index contributed by atoms with van der Waals surface area (Å²) < 4.78 is 39.0. The van der Waals surface area contributed by atoms with E-state index in [0.717, 1.165) is 0 Å². The minimum absolute atomic E-state index is 0.831. The molecule has 4 fully saturated rings. The zero-order valence-corrected chi connectivity index (χ0v) is 23.3. The first-order chi connectivity index (χ1) is 20.7. The van der Waals surface area contributed by atoms with Crippen LogP contribution in [0.25, 0.3) is 0 Å². The summed E-state index contributed by atoms with van der Waals surface area (Å²) in [5.41, 5.74) is 0. The van der Waals surface area contributed by atoms with Crippen molar-refractivity contribution in [2.24, 2.45) is 0 Å². The Labute approximate surface area is 249 Å². The molecule has 4 saturated heterocycles. The van der Waals surface area contributed by atoms with Crippen molar-refractivity contribution in [3.8, 4) is 0 Å². The van der Waals surface area contributed by atoms with E-state index in [4.69, 9.17) is 33.2 Å². The summed E-state index contributed by atoms with van der Waals surface area (Å²) in [4.78, 5) is 0. The molecule has 13 N–H and O–H groups in total. The fourth-order valence-electron chi connectivity index (χ4n) is 5.46. The molecule has 0 saturated carbocycles. The molecule has 0 aliphatic carbocycles. The highest BCUT2D eigenvalue weighted by Crippen LogP contribution is 2.35. The summed E-state index contributed by atoms with van der Waals surface area (Å²) in [6.45, 7) is -1.25. The molecule has 20 nitrogen and oxygen atoms in total. The molecule has 0 aromatic heterocycles. The Balaban J connectivity index is 1.69. The lowest BCUT2D eigenvalue weighted by Gasteiger charge is -2.50. The summed E-state index contributed by atoms with van der Waals surface area (Å²) in [6.07, 6.45) is -35.1. The number of aliphatic hydroxyl groups excluding tert-OH is 13. The first kappa shape index (κ1) is 36.0. The maximum Gasteiger partial charge on any atom is 0.187 e. The summed E-state index contributed by atoms with van der Waals surface area (Å²) in [7, 11) is 0. The molecule has 0 unspecified atom stereocenters. The van der Waals surface area contributed by atoms with Crippen LogP contribution in [0, 0.1) is 0 Å². The van der Waals surface area contributed by atoms with Crippen LogP contribution < -0.4 is 0 Å². The van der Waals surface area contributed by atoms with E-state index in [2.05, 4.69) is 0 Å². The molecule has 0 bridgehead atoms. The molecule has 20 atom stereocenters. The van der Waals surface area contributed by atoms with Crippen LogP contribution in [-0.4, -0.2) is 209 Å². The van der Waals surface area contributed by atoms with Crippen LogP contribution in [0.15, 0.2) is 0 Å². The van der Waals surface area contributed by atoms with Crippen molar-refractivity contribution in [2.45, 2.75) is 130 Å². The minimum Gasteiger partial charge on any atom is -0.394 e. The molecule has 258 valence electrons. The normalized spacial score (nSPS) is 53.9. The molecule has 44 heavy (non-hydrogen) atoms. The number of hydrogen-bond acceptors (Lipinski definition) is 20. The molecular weight excluding hydrogens is 608 g/mol. The minimum atomic E-state index is -1.98. The van der Waals surface area contributed by atoms with Crippen molar-refractivity contribution in [1.82, 2.24) is 0 Å². The zero-order chi connectivity index (χ0) is 32.6. The quantitative estimate of drug-likeness (QED) is 0.110. The van der Waals surface area contributed by atoms with E-state index in [1.165, 1.54) is 6.92 Å². The standard InChI is InChI=1S/C24H42O20/c1-5-9(28)12(31)16(35)22(38-5)44-20-19(43-23-17(36)13(32)10(29)6(2-25)40-23)11(30)7(3-26)41-24(20)42-18-8(4-27)39-21(37)15(34)14(18)33/h5-37H,2-4H2,1H3/t5-,6+,7+,8+,9+,10-,11-,12+,13-,14+,15+,16-,17+,18+,19-,20+,21+,22-,23+,24-/m0/s1. The van der Waals surface area contributed by atoms with E-state index in [0.29, 0.717) is 0 Å². The topological polar surface area (TPSA) is 328 Å². The lowest BCUT2D eigenvalue weighted by Crippen LogP contribution is -2.68. The Morgan fingerprint density at radius 3 is 1.48 bits per heavy atom. The fourth-order valence-corrected chi connectivity index (χ4v) is 5.46. The maximum absolute atomic E-state index is 11.1. The first-order valence-electron chi connectivity index (χ1n) is 14.0. The van der Waals surface area contributed by atoms with Gasteiger partial charge in [0, 0.05) is 0 Å². The molecule has 0 amide bonds. The van der Waals surface area contributed by atoms with Gasteiger partial charge in [0.2, 0.25) is 0 Å². The number of aliphatic hydroxyl groups is 13. The third-order valence-electron chi connectivity index (χ3n) is 8.17. The highest BCUT2D eigenvalue weighted by atomic mass is 16.8. The Hall–Kier alpha value is -0.800. The van der Waals surface area contributed by atoms with Crippen molar-refractivity contribution in [3.63, 3.8) is 0 Å². The van der Waals surface area contributed by atoms with Gasteiger partial charge in [-0.05, 0) is 6.92 Å². The van der Waals surface area contributed by atoms with Crippen LogP contribution in [0.1, 0.15) is 6.92 Å². The largest absolute Gasteiger partial charge is 0.394 e. The van der Waals surface area contributed by atoms with E-state index in [1.54, 1.807) is 0 Å². The number of rotatable bonds is 9. The van der Waals surface area contributed by atoms with E-state index in [-0.39, 0.29) is 0 Å². The van der Waals surface area contributed by atoms with Gasteiger partial charge < -0.3 is 99.5 Å². The average molecular weight is 651 g/mol. The molecule has 0 aromatic rings. The average Bonchev–Trinajstić information content (AvgIpc) is 3.01. The molecule has 0 aromatic carbocycles. The van der Waals surface area contributed by atoms with Gasteiger partial charge >= 0.3 is 0 Å². The highest BCUT2D eigenvalue weighted by molar-refractivity contribution is 4.98. The van der Waals surface area contributed by atoms with Crippen LogP contribution in [0.4, 0.5) is 0 Å². The van der Waals surface area contributed by atoms with E-state index in [1.807, 2.05) is 0 Å². The molecule has 4 aliphatic heterocycles. The summed E-state index contributed by atoms with van der Waals surface area (Å²) >= 11 is 0. The molecule has 0 radical (unpaired) electrons. The lowest BCUT2D eigenvalue weighted by molar-refractivity contribution is -0.404. The Bertz CT molecular complexity index is 898. The monoisotopic (exact) mass is 650 g/mol. The summed E-state index contributed by atoms with van der Waals surface area (Å²) in [6, 6.07) is 0.